The summed E-state index contributed by atoms with van der Waals surface area (Å²) in [6, 6.07) is 13.6. The third kappa shape index (κ3) is 3.53. The van der Waals surface area contributed by atoms with Crippen LogP contribution in [0.15, 0.2) is 58.3 Å². The highest BCUT2D eigenvalue weighted by Gasteiger charge is 2.42. The number of rotatable bonds is 5. The topological polar surface area (TPSA) is 82.8 Å². The van der Waals surface area contributed by atoms with E-state index in [9.17, 15) is 4.79 Å². The fourth-order valence-corrected chi connectivity index (χ4v) is 4.96. The Morgan fingerprint density at radius 1 is 0.970 bits per heavy atom. The monoisotopic (exact) mass is 446 g/mol. The predicted octanol–water partition coefficient (Wildman–Crippen LogP) is 4.97. The smallest absolute Gasteiger partial charge is 0.233 e. The number of aryl methyl sites for hydroxylation is 1. The van der Waals surface area contributed by atoms with Crippen molar-refractivity contribution in [2.75, 3.05) is 26.6 Å². The molecule has 0 saturated heterocycles. The number of allylic oxidation sites excluding steroid dienone is 2. The van der Waals surface area contributed by atoms with Crippen LogP contribution in [0.3, 0.4) is 0 Å². The quantitative estimate of drug-likeness (QED) is 0.593. The lowest BCUT2D eigenvalue weighted by atomic mass is 9.72. The number of fused-ring (bicyclic) bond motifs is 1. The molecule has 0 radical (unpaired) electrons. The number of ketones is 1. The molecule has 3 aromatic rings. The van der Waals surface area contributed by atoms with Gasteiger partial charge in [-0.25, -0.2) is 0 Å². The van der Waals surface area contributed by atoms with E-state index in [0.717, 1.165) is 39.4 Å². The summed E-state index contributed by atoms with van der Waals surface area (Å²) in [6.07, 6.45) is 1.12. The van der Waals surface area contributed by atoms with E-state index >= 15 is 0 Å². The molecule has 0 spiro atoms. The molecule has 0 amide bonds. The van der Waals surface area contributed by atoms with Gasteiger partial charge in [0, 0.05) is 23.3 Å². The average Bonchev–Trinajstić information content (AvgIpc) is 3.22. The summed E-state index contributed by atoms with van der Waals surface area (Å²) in [5.41, 5.74) is 5.17. The van der Waals surface area contributed by atoms with Crippen molar-refractivity contribution in [1.29, 1.82) is 0 Å². The fraction of sp³-hybridized carbons (Fsp3) is 0.308. The van der Waals surface area contributed by atoms with Gasteiger partial charge in [0.15, 0.2) is 5.78 Å². The Balaban J connectivity index is 1.63. The average molecular weight is 447 g/mol. The summed E-state index contributed by atoms with van der Waals surface area (Å²) >= 11 is 0. The second kappa shape index (κ2) is 8.31. The van der Waals surface area contributed by atoms with Gasteiger partial charge in [0.2, 0.25) is 5.88 Å². The van der Waals surface area contributed by atoms with Crippen molar-refractivity contribution < 1.29 is 23.5 Å². The zero-order chi connectivity index (χ0) is 23.1. The van der Waals surface area contributed by atoms with Crippen LogP contribution >= 0.6 is 0 Å². The van der Waals surface area contributed by atoms with Gasteiger partial charge in [-0.15, -0.1) is 0 Å². The number of carbonyl (C=O) groups is 1. The van der Waals surface area contributed by atoms with Crippen molar-refractivity contribution in [2.24, 2.45) is 0 Å². The van der Waals surface area contributed by atoms with E-state index in [0.29, 0.717) is 30.2 Å². The van der Waals surface area contributed by atoms with Gasteiger partial charge in [0.05, 0.1) is 38.5 Å². The normalized spacial score (nSPS) is 19.5. The Morgan fingerprint density at radius 2 is 1.70 bits per heavy atom. The standard InChI is InChI=1S/C26H26N2O5/c1-14-23-24(19-13-18(31-3)9-10-22(19)32-4)25-20(27-26(23)33-28-14)11-16(12-21(25)29)15-5-7-17(30-2)8-6-15/h5-10,13,16,24,27H,11-12H2,1-4H3/t16-,24+/m1/s1. The molecule has 2 heterocycles. The maximum atomic E-state index is 13.7. The number of anilines is 1. The number of benzene rings is 2. The number of hydrogen-bond acceptors (Lipinski definition) is 7. The number of methoxy groups -OCH3 is 3. The first-order chi connectivity index (χ1) is 16.0. The van der Waals surface area contributed by atoms with Gasteiger partial charge in [0.1, 0.15) is 17.2 Å². The summed E-state index contributed by atoms with van der Waals surface area (Å²) < 4.78 is 22.1. The molecule has 0 saturated carbocycles. The first kappa shape index (κ1) is 21.1. The molecule has 0 unspecified atom stereocenters. The SMILES string of the molecule is COc1ccc([C@H]2CC(=O)C3=C(C2)Nc2onc(C)c2[C@@H]3c2cc(OC)ccc2OC)cc1. The van der Waals surface area contributed by atoms with Crippen LogP contribution in [0.5, 0.6) is 17.2 Å². The molecule has 1 aliphatic heterocycles. The minimum atomic E-state index is -0.350. The molecule has 1 N–H and O–H groups in total. The van der Waals surface area contributed by atoms with Crippen molar-refractivity contribution >= 4 is 11.7 Å². The number of hydrogen-bond donors (Lipinski definition) is 1. The van der Waals surface area contributed by atoms with Crippen molar-refractivity contribution in [3.8, 4) is 17.2 Å². The van der Waals surface area contributed by atoms with Crippen molar-refractivity contribution in [3.63, 3.8) is 0 Å². The molecule has 2 atom stereocenters. The second-order valence-corrected chi connectivity index (χ2v) is 8.37. The van der Waals surface area contributed by atoms with E-state index < -0.39 is 0 Å². The van der Waals surface area contributed by atoms with Crippen molar-refractivity contribution in [2.45, 2.75) is 31.6 Å². The fourth-order valence-electron chi connectivity index (χ4n) is 4.96. The molecule has 1 aliphatic carbocycles. The zero-order valence-electron chi connectivity index (χ0n) is 19.1. The molecule has 1 aromatic heterocycles. The highest BCUT2D eigenvalue weighted by Crippen LogP contribution is 2.51. The lowest BCUT2D eigenvalue weighted by Crippen LogP contribution is -2.29. The minimum absolute atomic E-state index is 0.0630. The van der Waals surface area contributed by atoms with Crippen LogP contribution in [0.4, 0.5) is 5.88 Å². The molecule has 7 heteroatoms. The Hall–Kier alpha value is -3.74. The molecule has 7 nitrogen and oxygen atoms in total. The molecule has 2 aliphatic rings. The maximum Gasteiger partial charge on any atom is 0.233 e. The van der Waals surface area contributed by atoms with Gasteiger partial charge in [-0.1, -0.05) is 17.3 Å². The van der Waals surface area contributed by atoms with Crippen LogP contribution < -0.4 is 19.5 Å². The van der Waals surface area contributed by atoms with Crippen LogP contribution in [0.1, 0.15) is 47.1 Å². The summed E-state index contributed by atoms with van der Waals surface area (Å²) in [5.74, 6) is 2.57. The van der Waals surface area contributed by atoms with E-state index in [1.54, 1.807) is 21.3 Å². The number of aromatic nitrogens is 1. The number of nitrogens with zero attached hydrogens (tertiary/aromatic N) is 1. The van der Waals surface area contributed by atoms with Crippen LogP contribution in [-0.4, -0.2) is 32.3 Å². The first-order valence-corrected chi connectivity index (χ1v) is 10.9. The van der Waals surface area contributed by atoms with Gasteiger partial charge in [0.25, 0.3) is 0 Å². The lowest BCUT2D eigenvalue weighted by Gasteiger charge is -2.35. The second-order valence-electron chi connectivity index (χ2n) is 8.37. The Labute approximate surface area is 192 Å². The van der Waals surface area contributed by atoms with E-state index in [1.807, 2.05) is 49.4 Å². The molecule has 2 aromatic carbocycles. The van der Waals surface area contributed by atoms with Gasteiger partial charge in [-0.05, 0) is 55.2 Å². The first-order valence-electron chi connectivity index (χ1n) is 10.9. The zero-order valence-corrected chi connectivity index (χ0v) is 19.1. The van der Waals surface area contributed by atoms with Crippen LogP contribution in [0.2, 0.25) is 0 Å². The molecular weight excluding hydrogens is 420 g/mol. The summed E-state index contributed by atoms with van der Waals surface area (Å²) in [6.45, 7) is 1.89. The van der Waals surface area contributed by atoms with E-state index in [4.69, 9.17) is 18.7 Å². The Kier molecular flexibility index (Phi) is 5.32. The van der Waals surface area contributed by atoms with Crippen molar-refractivity contribution in [3.05, 3.63) is 76.1 Å². The number of carbonyl (C=O) groups excluding carboxylic acids is 1. The summed E-state index contributed by atoms with van der Waals surface area (Å²) in [5, 5.41) is 7.56. The minimum Gasteiger partial charge on any atom is -0.497 e. The predicted molar refractivity (Wildman–Crippen MR) is 123 cm³/mol. The van der Waals surface area contributed by atoms with Gasteiger partial charge in [-0.3, -0.25) is 4.79 Å². The van der Waals surface area contributed by atoms with Gasteiger partial charge < -0.3 is 24.1 Å². The molecule has 170 valence electrons. The third-order valence-corrected chi connectivity index (χ3v) is 6.59. The summed E-state index contributed by atoms with van der Waals surface area (Å²) in [7, 11) is 4.90. The van der Waals surface area contributed by atoms with Gasteiger partial charge in [-0.2, -0.15) is 0 Å². The molecule has 0 bridgehead atoms. The molecule has 5 rings (SSSR count). The van der Waals surface area contributed by atoms with Crippen LogP contribution in [0.25, 0.3) is 0 Å². The number of ether oxygens (including phenoxy) is 3. The Morgan fingerprint density at radius 3 is 2.39 bits per heavy atom. The number of Topliss-reactive ketones (excluding diaryl/α,β-unsaturated/α-hetero) is 1. The van der Waals surface area contributed by atoms with Gasteiger partial charge >= 0.3 is 0 Å². The van der Waals surface area contributed by atoms with Crippen molar-refractivity contribution in [1.82, 2.24) is 5.16 Å². The number of nitrogens with one attached hydrogen (secondary N) is 1. The van der Waals surface area contributed by atoms with E-state index in [2.05, 4.69) is 10.5 Å². The third-order valence-electron chi connectivity index (χ3n) is 6.59. The summed E-state index contributed by atoms with van der Waals surface area (Å²) in [4.78, 5) is 13.7. The highest BCUT2D eigenvalue weighted by molar-refractivity contribution is 6.01. The highest BCUT2D eigenvalue weighted by atomic mass is 16.5. The van der Waals surface area contributed by atoms with E-state index in [1.165, 1.54) is 0 Å². The maximum absolute atomic E-state index is 13.7. The Bertz CT molecular complexity index is 1240. The van der Waals surface area contributed by atoms with Crippen LogP contribution in [0, 0.1) is 6.92 Å². The largest absolute Gasteiger partial charge is 0.497 e. The van der Waals surface area contributed by atoms with Crippen LogP contribution in [-0.2, 0) is 4.79 Å². The molecule has 0 fully saturated rings. The molecular formula is C26H26N2O5. The lowest BCUT2D eigenvalue weighted by molar-refractivity contribution is -0.116. The van der Waals surface area contributed by atoms with E-state index in [-0.39, 0.29) is 17.6 Å². The molecule has 33 heavy (non-hydrogen) atoms.